The number of nitrogens with one attached hydrogen (secondary N) is 1. The maximum Gasteiger partial charge on any atom is 0.238 e. The molecule has 21 heavy (non-hydrogen) atoms. The minimum atomic E-state index is -3.70. The lowest BCUT2D eigenvalue weighted by atomic mass is 10.1. The Morgan fingerprint density at radius 3 is 2.76 bits per heavy atom. The van der Waals surface area contributed by atoms with Gasteiger partial charge in [-0.05, 0) is 11.6 Å². The Morgan fingerprint density at radius 2 is 2.14 bits per heavy atom. The topological polar surface area (TPSA) is 99.9 Å². The molecule has 0 saturated carbocycles. The third-order valence-electron chi connectivity index (χ3n) is 2.59. The van der Waals surface area contributed by atoms with E-state index < -0.39 is 10.0 Å². The fraction of sp³-hybridized carbons (Fsp3) is 0.154. The zero-order chi connectivity index (χ0) is 15.5. The average molecular weight is 321 g/mol. The number of anilines is 1. The molecule has 0 aliphatic heterocycles. The minimum absolute atomic E-state index is 0.134. The fourth-order valence-corrected chi connectivity index (χ4v) is 3.82. The molecule has 1 aromatic carbocycles. The molecule has 1 N–H and O–H groups in total. The molecule has 0 aliphatic rings. The number of ketones is 1. The van der Waals surface area contributed by atoms with Crippen LogP contribution in [0, 0.1) is 11.3 Å². The molecule has 0 saturated heterocycles. The van der Waals surface area contributed by atoms with Crippen LogP contribution in [-0.4, -0.2) is 19.2 Å². The van der Waals surface area contributed by atoms with E-state index in [0.29, 0.717) is 11.1 Å². The summed E-state index contributed by atoms with van der Waals surface area (Å²) in [5.74, 6) is -0.558. The average Bonchev–Trinajstić information content (AvgIpc) is 2.86. The molecule has 0 unspecified atom stereocenters. The number of carbonyl (C=O) groups is 1. The second-order valence-electron chi connectivity index (χ2n) is 4.22. The molecule has 1 heterocycles. The summed E-state index contributed by atoms with van der Waals surface area (Å²) in [5.41, 5.74) is 0.942. The van der Waals surface area contributed by atoms with Crippen molar-refractivity contribution in [1.29, 1.82) is 5.26 Å². The van der Waals surface area contributed by atoms with E-state index in [0.717, 1.165) is 11.3 Å². The summed E-state index contributed by atoms with van der Waals surface area (Å²) < 4.78 is 26.5. The van der Waals surface area contributed by atoms with Gasteiger partial charge in [0, 0.05) is 12.3 Å². The SMILES string of the molecule is CC(=O)c1csc(NS(=O)(=O)Cc2ccccc2C#N)n1. The highest BCUT2D eigenvalue weighted by Gasteiger charge is 2.16. The van der Waals surface area contributed by atoms with Gasteiger partial charge in [-0.2, -0.15) is 5.26 Å². The van der Waals surface area contributed by atoms with Gasteiger partial charge in [0.05, 0.1) is 17.4 Å². The molecular formula is C13H11N3O3S2. The van der Waals surface area contributed by atoms with E-state index in [9.17, 15) is 13.2 Å². The number of rotatable bonds is 5. The Balaban J connectivity index is 2.19. The van der Waals surface area contributed by atoms with E-state index in [1.807, 2.05) is 6.07 Å². The van der Waals surface area contributed by atoms with Gasteiger partial charge in [0.2, 0.25) is 10.0 Å². The van der Waals surface area contributed by atoms with Crippen molar-refractivity contribution in [3.05, 3.63) is 46.5 Å². The van der Waals surface area contributed by atoms with Crippen molar-refractivity contribution in [3.63, 3.8) is 0 Å². The number of hydrogen-bond acceptors (Lipinski definition) is 6. The maximum absolute atomic E-state index is 12.1. The van der Waals surface area contributed by atoms with Crippen LogP contribution in [0.3, 0.4) is 0 Å². The van der Waals surface area contributed by atoms with E-state index in [2.05, 4.69) is 9.71 Å². The second kappa shape index (κ2) is 6.03. The number of nitrogens with zero attached hydrogens (tertiary/aromatic N) is 2. The molecule has 1 aromatic heterocycles. The summed E-state index contributed by atoms with van der Waals surface area (Å²) in [4.78, 5) is 15.0. The Labute approximate surface area is 126 Å². The molecule has 0 fully saturated rings. The van der Waals surface area contributed by atoms with Crippen LogP contribution in [0.5, 0.6) is 0 Å². The molecule has 0 radical (unpaired) electrons. The summed E-state index contributed by atoms with van der Waals surface area (Å²) in [6, 6.07) is 8.43. The Bertz CT molecular complexity index is 819. The lowest BCUT2D eigenvalue weighted by molar-refractivity contribution is 0.101. The minimum Gasteiger partial charge on any atom is -0.293 e. The van der Waals surface area contributed by atoms with Gasteiger partial charge in [0.25, 0.3) is 0 Å². The molecule has 0 atom stereocenters. The van der Waals surface area contributed by atoms with Crippen LogP contribution >= 0.6 is 11.3 Å². The van der Waals surface area contributed by atoms with Gasteiger partial charge >= 0.3 is 0 Å². The molecule has 8 heteroatoms. The first-order chi connectivity index (χ1) is 9.91. The summed E-state index contributed by atoms with van der Waals surface area (Å²) in [6.07, 6.45) is 0. The Morgan fingerprint density at radius 1 is 1.43 bits per heavy atom. The van der Waals surface area contributed by atoms with Crippen molar-refractivity contribution >= 4 is 32.3 Å². The van der Waals surface area contributed by atoms with Crippen LogP contribution in [0.1, 0.15) is 28.5 Å². The summed E-state index contributed by atoms with van der Waals surface area (Å²) in [5, 5.41) is 10.6. The molecule has 0 aliphatic carbocycles. The van der Waals surface area contributed by atoms with Crippen LogP contribution in [0.25, 0.3) is 0 Å². The normalized spacial score (nSPS) is 10.9. The Kier molecular flexibility index (Phi) is 4.35. The zero-order valence-electron chi connectivity index (χ0n) is 11.0. The third kappa shape index (κ3) is 3.87. The third-order valence-corrected chi connectivity index (χ3v) is 4.67. The molecule has 0 bridgehead atoms. The molecule has 2 rings (SSSR count). The fourth-order valence-electron chi connectivity index (χ4n) is 1.61. The van der Waals surface area contributed by atoms with Gasteiger partial charge in [0.1, 0.15) is 5.69 Å². The van der Waals surface area contributed by atoms with Crippen molar-refractivity contribution in [2.45, 2.75) is 12.7 Å². The van der Waals surface area contributed by atoms with Crippen LogP contribution in [0.4, 0.5) is 5.13 Å². The molecule has 2 aromatic rings. The first kappa shape index (κ1) is 15.2. The highest BCUT2D eigenvalue weighted by molar-refractivity contribution is 7.92. The summed E-state index contributed by atoms with van der Waals surface area (Å²) in [6.45, 7) is 1.36. The smallest absolute Gasteiger partial charge is 0.238 e. The van der Waals surface area contributed by atoms with E-state index in [1.165, 1.54) is 12.3 Å². The van der Waals surface area contributed by atoms with E-state index >= 15 is 0 Å². The number of benzene rings is 1. The van der Waals surface area contributed by atoms with Gasteiger partial charge in [-0.3, -0.25) is 9.52 Å². The molecular weight excluding hydrogens is 310 g/mol. The summed E-state index contributed by atoms with van der Waals surface area (Å²) >= 11 is 1.04. The lowest BCUT2D eigenvalue weighted by Gasteiger charge is -2.06. The number of sulfonamides is 1. The van der Waals surface area contributed by atoms with Crippen molar-refractivity contribution in [1.82, 2.24) is 4.98 Å². The van der Waals surface area contributed by atoms with Gasteiger partial charge in [-0.25, -0.2) is 13.4 Å². The predicted octanol–water partition coefficient (Wildman–Crippen LogP) is 2.16. The summed E-state index contributed by atoms with van der Waals surface area (Å²) in [7, 11) is -3.70. The molecule has 6 nitrogen and oxygen atoms in total. The van der Waals surface area contributed by atoms with Gasteiger partial charge in [-0.15, -0.1) is 11.3 Å². The van der Waals surface area contributed by atoms with E-state index in [4.69, 9.17) is 5.26 Å². The van der Waals surface area contributed by atoms with Crippen LogP contribution in [0.2, 0.25) is 0 Å². The standard InChI is InChI=1S/C13H11N3O3S2/c1-9(17)12-7-20-13(15-12)16-21(18,19)8-11-5-3-2-4-10(11)6-14/h2-5,7H,8H2,1H3,(H,15,16). The quantitative estimate of drug-likeness (QED) is 0.851. The van der Waals surface area contributed by atoms with E-state index in [1.54, 1.807) is 24.3 Å². The molecule has 0 spiro atoms. The van der Waals surface area contributed by atoms with Crippen molar-refractivity contribution in [2.75, 3.05) is 4.72 Å². The highest BCUT2D eigenvalue weighted by Crippen LogP contribution is 2.19. The van der Waals surface area contributed by atoms with Crippen molar-refractivity contribution in [2.24, 2.45) is 0 Å². The lowest BCUT2D eigenvalue weighted by Crippen LogP contribution is -2.15. The second-order valence-corrected chi connectivity index (χ2v) is 6.80. The maximum atomic E-state index is 12.1. The van der Waals surface area contributed by atoms with Crippen LogP contribution in [0.15, 0.2) is 29.6 Å². The largest absolute Gasteiger partial charge is 0.293 e. The monoisotopic (exact) mass is 321 g/mol. The van der Waals surface area contributed by atoms with Crippen LogP contribution in [-0.2, 0) is 15.8 Å². The van der Waals surface area contributed by atoms with Crippen molar-refractivity contribution < 1.29 is 13.2 Å². The highest BCUT2D eigenvalue weighted by atomic mass is 32.2. The van der Waals surface area contributed by atoms with Crippen LogP contribution < -0.4 is 4.72 Å². The first-order valence-corrected chi connectivity index (χ1v) is 8.39. The van der Waals surface area contributed by atoms with Gasteiger partial charge < -0.3 is 0 Å². The zero-order valence-corrected chi connectivity index (χ0v) is 12.7. The number of aromatic nitrogens is 1. The number of thiazole rings is 1. The van der Waals surface area contributed by atoms with Gasteiger partial charge in [-0.1, -0.05) is 18.2 Å². The number of nitriles is 1. The number of hydrogen-bond donors (Lipinski definition) is 1. The van der Waals surface area contributed by atoms with E-state index in [-0.39, 0.29) is 22.4 Å². The number of carbonyl (C=O) groups excluding carboxylic acids is 1. The molecule has 0 amide bonds. The van der Waals surface area contributed by atoms with Crippen molar-refractivity contribution in [3.8, 4) is 6.07 Å². The first-order valence-electron chi connectivity index (χ1n) is 5.86. The number of Topliss-reactive ketones (excluding diaryl/α,β-unsaturated/α-hetero) is 1. The van der Waals surface area contributed by atoms with Gasteiger partial charge in [0.15, 0.2) is 10.9 Å². The predicted molar refractivity (Wildman–Crippen MR) is 79.5 cm³/mol. The Hall–Kier alpha value is -2.24. The molecule has 108 valence electrons.